The third-order valence-corrected chi connectivity index (χ3v) is 11.6. The first-order chi connectivity index (χ1) is 29.5. The Morgan fingerprint density at radius 3 is 1.32 bits per heavy atom. The summed E-state index contributed by atoms with van der Waals surface area (Å²) in [4.78, 5) is 24.4. The highest BCUT2D eigenvalue weighted by Gasteiger charge is 2.18. The molecule has 0 saturated carbocycles. The summed E-state index contributed by atoms with van der Waals surface area (Å²) in [5, 5.41) is 23.0. The summed E-state index contributed by atoms with van der Waals surface area (Å²) in [6, 6.07) is -0.640. The molecule has 3 N–H and O–H groups in total. The zero-order valence-electron chi connectivity index (χ0n) is 39.7. The van der Waals surface area contributed by atoms with Gasteiger partial charge < -0.3 is 20.3 Å². The molecule has 0 saturated heterocycles. The summed E-state index contributed by atoms with van der Waals surface area (Å²) >= 11 is 0. The van der Waals surface area contributed by atoms with Gasteiger partial charge in [0, 0.05) is 12.8 Å². The molecule has 0 bridgehead atoms. The van der Waals surface area contributed by atoms with Gasteiger partial charge in [-0.05, 0) is 89.9 Å². The number of carbonyl (C=O) groups is 2. The van der Waals surface area contributed by atoms with E-state index in [0.29, 0.717) is 19.4 Å². The van der Waals surface area contributed by atoms with Gasteiger partial charge in [0.15, 0.2) is 0 Å². The van der Waals surface area contributed by atoms with Crippen LogP contribution in [-0.2, 0) is 14.3 Å². The number of rotatable bonds is 47. The van der Waals surface area contributed by atoms with E-state index in [1.54, 1.807) is 6.08 Å². The molecular weight excluding hydrogens is 743 g/mol. The lowest BCUT2D eigenvalue weighted by molar-refractivity contribution is -0.143. The van der Waals surface area contributed by atoms with Crippen LogP contribution in [0.5, 0.6) is 0 Å². The molecule has 0 fully saturated rings. The summed E-state index contributed by atoms with van der Waals surface area (Å²) < 4.78 is 5.45. The van der Waals surface area contributed by atoms with E-state index < -0.39 is 12.1 Å². The molecule has 0 aliphatic carbocycles. The Kier molecular flexibility index (Phi) is 47.7. The second-order valence-electron chi connectivity index (χ2n) is 17.5. The summed E-state index contributed by atoms with van der Waals surface area (Å²) in [7, 11) is 0. The van der Waals surface area contributed by atoms with Crippen molar-refractivity contribution >= 4 is 11.9 Å². The number of aliphatic hydroxyl groups is 2. The smallest absolute Gasteiger partial charge is 0.305 e. The average Bonchev–Trinajstić information content (AvgIpc) is 3.25. The maximum absolute atomic E-state index is 12.4. The van der Waals surface area contributed by atoms with Gasteiger partial charge in [-0.15, -0.1) is 0 Å². The van der Waals surface area contributed by atoms with Crippen molar-refractivity contribution in [1.82, 2.24) is 5.32 Å². The first kappa shape index (κ1) is 57.8. The normalized spacial score (nSPS) is 13.1. The van der Waals surface area contributed by atoms with Gasteiger partial charge in [-0.3, -0.25) is 9.59 Å². The van der Waals surface area contributed by atoms with Crippen LogP contribution in [0.3, 0.4) is 0 Å². The molecule has 0 aliphatic heterocycles. The van der Waals surface area contributed by atoms with Gasteiger partial charge in [0.25, 0.3) is 0 Å². The van der Waals surface area contributed by atoms with Crippen molar-refractivity contribution in [3.63, 3.8) is 0 Å². The van der Waals surface area contributed by atoms with Crippen LogP contribution in [0.15, 0.2) is 48.6 Å². The van der Waals surface area contributed by atoms with Gasteiger partial charge in [0.1, 0.15) is 0 Å². The van der Waals surface area contributed by atoms with E-state index in [2.05, 4.69) is 55.6 Å². The van der Waals surface area contributed by atoms with Gasteiger partial charge in [0.05, 0.1) is 25.4 Å². The molecule has 0 rings (SSSR count). The number of allylic oxidation sites excluding steroid dienone is 7. The molecule has 60 heavy (non-hydrogen) atoms. The number of ether oxygens (including phenoxy) is 1. The Labute approximate surface area is 372 Å². The van der Waals surface area contributed by atoms with E-state index in [9.17, 15) is 19.8 Å². The molecule has 0 radical (unpaired) electrons. The fourth-order valence-electron chi connectivity index (χ4n) is 7.54. The minimum atomic E-state index is -0.855. The van der Waals surface area contributed by atoms with Crippen LogP contribution in [0.2, 0.25) is 0 Å². The predicted molar refractivity (Wildman–Crippen MR) is 259 cm³/mol. The first-order valence-electron chi connectivity index (χ1n) is 25.9. The number of esters is 1. The minimum absolute atomic E-state index is 0.0189. The molecule has 0 aromatic rings. The van der Waals surface area contributed by atoms with Crippen molar-refractivity contribution < 1.29 is 24.5 Å². The second-order valence-corrected chi connectivity index (χ2v) is 17.5. The Balaban J connectivity index is 3.51. The molecule has 0 aromatic carbocycles. The highest BCUT2D eigenvalue weighted by Crippen LogP contribution is 2.14. The van der Waals surface area contributed by atoms with Crippen molar-refractivity contribution in [3.05, 3.63) is 48.6 Å². The number of hydrogen-bond acceptors (Lipinski definition) is 5. The molecule has 2 atom stereocenters. The molecule has 0 spiro atoms. The van der Waals surface area contributed by atoms with E-state index in [1.165, 1.54) is 161 Å². The van der Waals surface area contributed by atoms with Gasteiger partial charge >= 0.3 is 5.97 Å². The zero-order chi connectivity index (χ0) is 43.7. The number of aliphatic hydroxyl groups excluding tert-OH is 2. The van der Waals surface area contributed by atoms with Crippen LogP contribution >= 0.6 is 0 Å². The minimum Gasteiger partial charge on any atom is -0.466 e. The van der Waals surface area contributed by atoms with Crippen LogP contribution in [0.4, 0.5) is 0 Å². The van der Waals surface area contributed by atoms with Crippen molar-refractivity contribution in [2.45, 2.75) is 270 Å². The molecule has 0 aromatic heterocycles. The fraction of sp³-hybridized carbons (Fsp3) is 0.815. The third-order valence-electron chi connectivity index (χ3n) is 11.6. The van der Waals surface area contributed by atoms with Crippen molar-refractivity contribution in [2.24, 2.45) is 0 Å². The SMILES string of the molecule is CCCCC/C=C\C/C=C\CCCCCCCC(=O)OCCCCCCCCC/C=C\CCCCCCCC(=O)NC(CO)C(O)/C=C/CCCCCCCCCCCC. The fourth-order valence-corrected chi connectivity index (χ4v) is 7.54. The topological polar surface area (TPSA) is 95.9 Å². The lowest BCUT2D eigenvalue weighted by Gasteiger charge is -2.20. The first-order valence-corrected chi connectivity index (χ1v) is 25.9. The number of unbranched alkanes of at least 4 members (excludes halogenated alkanes) is 30. The van der Waals surface area contributed by atoms with Gasteiger partial charge in [-0.2, -0.15) is 0 Å². The highest BCUT2D eigenvalue weighted by molar-refractivity contribution is 5.76. The monoisotopic (exact) mass is 842 g/mol. The highest BCUT2D eigenvalue weighted by atomic mass is 16.5. The Bertz CT molecular complexity index is 1020. The standard InChI is InChI=1S/C54H99NO5/c1-3-5-7-9-11-13-15-17-20-24-28-32-36-40-44-48-54(59)60-49-45-41-37-33-29-25-22-19-18-21-23-27-31-35-39-43-47-53(58)55-51(50-56)52(57)46-42-38-34-30-26-16-14-12-10-8-6-4-2/h11,13,17-18,20-21,42,46,51-52,56-57H,3-10,12,14-16,19,22-41,43-45,47-50H2,1-2H3,(H,55,58)/b13-11-,20-17-,21-18-,46-42+. The zero-order valence-corrected chi connectivity index (χ0v) is 39.7. The average molecular weight is 842 g/mol. The maximum atomic E-state index is 12.4. The summed E-state index contributed by atoms with van der Waals surface area (Å²) in [6.07, 6.45) is 61.1. The molecule has 6 heteroatoms. The molecule has 0 aliphatic rings. The summed E-state index contributed by atoms with van der Waals surface area (Å²) in [6.45, 7) is 4.82. The molecule has 6 nitrogen and oxygen atoms in total. The Morgan fingerprint density at radius 2 is 0.833 bits per heavy atom. The second kappa shape index (κ2) is 49.5. The molecule has 350 valence electrons. The number of hydrogen-bond donors (Lipinski definition) is 3. The van der Waals surface area contributed by atoms with Crippen molar-refractivity contribution in [3.8, 4) is 0 Å². The van der Waals surface area contributed by atoms with Crippen molar-refractivity contribution in [1.29, 1.82) is 0 Å². The van der Waals surface area contributed by atoms with Gasteiger partial charge in [-0.1, -0.05) is 204 Å². The van der Waals surface area contributed by atoms with Crippen LogP contribution in [0, 0.1) is 0 Å². The van der Waals surface area contributed by atoms with Gasteiger partial charge in [-0.25, -0.2) is 0 Å². The lowest BCUT2D eigenvalue weighted by atomic mass is 10.1. The largest absolute Gasteiger partial charge is 0.466 e. The van der Waals surface area contributed by atoms with E-state index in [0.717, 1.165) is 70.6 Å². The summed E-state index contributed by atoms with van der Waals surface area (Å²) in [5.41, 5.74) is 0. The van der Waals surface area contributed by atoms with Crippen LogP contribution in [0.25, 0.3) is 0 Å². The van der Waals surface area contributed by atoms with E-state index in [1.807, 2.05) is 6.08 Å². The number of nitrogens with one attached hydrogen (secondary N) is 1. The van der Waals surface area contributed by atoms with Crippen LogP contribution in [0.1, 0.15) is 258 Å². The molecule has 2 unspecified atom stereocenters. The third kappa shape index (κ3) is 45.3. The number of amides is 1. The predicted octanol–water partition coefficient (Wildman–Crippen LogP) is 15.5. The quantitative estimate of drug-likeness (QED) is 0.0322. The molecule has 1 amide bonds. The Hall–Kier alpha value is -2.18. The van der Waals surface area contributed by atoms with Crippen LogP contribution < -0.4 is 5.32 Å². The lowest BCUT2D eigenvalue weighted by Crippen LogP contribution is -2.45. The van der Waals surface area contributed by atoms with E-state index >= 15 is 0 Å². The van der Waals surface area contributed by atoms with Crippen molar-refractivity contribution in [2.75, 3.05) is 13.2 Å². The van der Waals surface area contributed by atoms with E-state index in [-0.39, 0.29) is 18.5 Å². The summed E-state index contributed by atoms with van der Waals surface area (Å²) in [5.74, 6) is -0.107. The van der Waals surface area contributed by atoms with E-state index in [4.69, 9.17) is 4.74 Å². The van der Waals surface area contributed by atoms with Crippen LogP contribution in [-0.4, -0.2) is 47.4 Å². The van der Waals surface area contributed by atoms with Gasteiger partial charge in [0.2, 0.25) is 5.91 Å². The number of carbonyl (C=O) groups excluding carboxylic acids is 2. The maximum Gasteiger partial charge on any atom is 0.305 e. The molecular formula is C54H99NO5. The Morgan fingerprint density at radius 1 is 0.467 bits per heavy atom. The molecule has 0 heterocycles.